The smallest absolute Gasteiger partial charge is 0.311 e. The Labute approximate surface area is 131 Å². The number of nitrogens with zero attached hydrogens (tertiary/aromatic N) is 1. The number of halogens is 2. The van der Waals surface area contributed by atoms with Crippen LogP contribution < -0.4 is 5.32 Å². The number of aliphatic carboxylic acids is 1. The fraction of sp³-hybridized carbons (Fsp3) is 0.462. The Balaban J connectivity index is 2.37. The molecule has 2 rings (SSSR count). The molecular weight excluding hydrogens is 319 g/mol. The number of nitro groups is 1. The van der Waals surface area contributed by atoms with E-state index in [1.165, 1.54) is 12.1 Å². The predicted molar refractivity (Wildman–Crippen MR) is 80.1 cm³/mol. The summed E-state index contributed by atoms with van der Waals surface area (Å²) < 4.78 is 0. The van der Waals surface area contributed by atoms with E-state index in [9.17, 15) is 20.0 Å². The second-order valence-corrected chi connectivity index (χ2v) is 6.17. The lowest BCUT2D eigenvalue weighted by atomic mass is 9.85. The largest absolute Gasteiger partial charge is 0.481 e. The molecule has 1 aromatic rings. The van der Waals surface area contributed by atoms with Crippen LogP contribution in [0, 0.1) is 15.5 Å². The molecule has 0 spiro atoms. The Hall–Kier alpha value is -1.53. The maximum absolute atomic E-state index is 11.4. The summed E-state index contributed by atoms with van der Waals surface area (Å²) >= 11 is 11.7. The van der Waals surface area contributed by atoms with Crippen molar-refractivity contribution in [1.82, 2.24) is 0 Å². The SMILES string of the molecule is CC1(C(=O)O)CCCC1Nc1cc(Cl)c(Cl)cc1[N+](=O)[O-]. The summed E-state index contributed by atoms with van der Waals surface area (Å²) in [6, 6.07) is 2.13. The summed E-state index contributed by atoms with van der Waals surface area (Å²) in [5.41, 5.74) is -0.988. The number of carboxylic acid groups (broad SMARTS) is 1. The number of hydrogen-bond donors (Lipinski definition) is 2. The molecule has 0 aliphatic heterocycles. The van der Waals surface area contributed by atoms with E-state index in [0.29, 0.717) is 12.8 Å². The van der Waals surface area contributed by atoms with Gasteiger partial charge >= 0.3 is 5.97 Å². The number of rotatable bonds is 4. The van der Waals surface area contributed by atoms with Crippen molar-refractivity contribution in [2.45, 2.75) is 32.2 Å². The zero-order chi connectivity index (χ0) is 15.8. The monoisotopic (exact) mass is 332 g/mol. The average molecular weight is 333 g/mol. The van der Waals surface area contributed by atoms with Crippen LogP contribution in [-0.4, -0.2) is 22.0 Å². The third-order valence-corrected chi connectivity index (χ3v) is 4.73. The summed E-state index contributed by atoms with van der Waals surface area (Å²) in [6.45, 7) is 1.64. The van der Waals surface area contributed by atoms with Gasteiger partial charge < -0.3 is 10.4 Å². The van der Waals surface area contributed by atoms with Crippen molar-refractivity contribution in [3.63, 3.8) is 0 Å². The first-order chi connectivity index (χ1) is 9.75. The van der Waals surface area contributed by atoms with Crippen molar-refractivity contribution >= 4 is 40.5 Å². The van der Waals surface area contributed by atoms with Crippen LogP contribution in [0.5, 0.6) is 0 Å². The number of nitrogens with one attached hydrogen (secondary N) is 1. The summed E-state index contributed by atoms with van der Waals surface area (Å²) in [7, 11) is 0. The lowest BCUT2D eigenvalue weighted by Crippen LogP contribution is -2.40. The van der Waals surface area contributed by atoms with Crippen molar-refractivity contribution in [2.75, 3.05) is 5.32 Å². The molecule has 1 saturated carbocycles. The highest BCUT2D eigenvalue weighted by molar-refractivity contribution is 6.42. The highest BCUT2D eigenvalue weighted by Gasteiger charge is 2.45. The Morgan fingerprint density at radius 1 is 1.48 bits per heavy atom. The molecule has 2 N–H and O–H groups in total. The molecule has 6 nitrogen and oxygen atoms in total. The van der Waals surface area contributed by atoms with Crippen LogP contribution in [0.2, 0.25) is 10.0 Å². The van der Waals surface area contributed by atoms with E-state index in [-0.39, 0.29) is 21.4 Å². The van der Waals surface area contributed by atoms with Crippen molar-refractivity contribution < 1.29 is 14.8 Å². The molecule has 1 aliphatic carbocycles. The summed E-state index contributed by atoms with van der Waals surface area (Å²) in [5, 5.41) is 23.7. The first-order valence-corrected chi connectivity index (χ1v) is 7.14. The Kier molecular flexibility index (Phi) is 4.30. The van der Waals surface area contributed by atoms with E-state index in [2.05, 4.69) is 5.32 Å². The Morgan fingerprint density at radius 2 is 2.10 bits per heavy atom. The third kappa shape index (κ3) is 2.91. The molecule has 1 aliphatic rings. The second kappa shape index (κ2) is 5.69. The van der Waals surface area contributed by atoms with Gasteiger partial charge in [0.15, 0.2) is 0 Å². The van der Waals surface area contributed by atoms with E-state index < -0.39 is 22.3 Å². The van der Waals surface area contributed by atoms with Gasteiger partial charge in [-0.3, -0.25) is 14.9 Å². The molecule has 114 valence electrons. The van der Waals surface area contributed by atoms with Crippen LogP contribution in [0.1, 0.15) is 26.2 Å². The maximum Gasteiger partial charge on any atom is 0.311 e. The zero-order valence-electron chi connectivity index (χ0n) is 11.2. The van der Waals surface area contributed by atoms with E-state index in [4.69, 9.17) is 23.2 Å². The molecule has 8 heteroatoms. The molecule has 0 amide bonds. The fourth-order valence-corrected chi connectivity index (χ4v) is 2.97. The van der Waals surface area contributed by atoms with Gasteiger partial charge in [0, 0.05) is 12.1 Å². The Morgan fingerprint density at radius 3 is 2.67 bits per heavy atom. The van der Waals surface area contributed by atoms with E-state index in [0.717, 1.165) is 6.42 Å². The van der Waals surface area contributed by atoms with Crippen LogP contribution in [-0.2, 0) is 4.79 Å². The predicted octanol–water partition coefficient (Wildman–Crippen LogP) is 3.96. The average Bonchev–Trinajstić information content (AvgIpc) is 2.76. The molecule has 2 atom stereocenters. The molecule has 0 bridgehead atoms. The number of carbonyl (C=O) groups is 1. The zero-order valence-corrected chi connectivity index (χ0v) is 12.7. The van der Waals surface area contributed by atoms with Crippen LogP contribution in [0.15, 0.2) is 12.1 Å². The molecule has 0 aromatic heterocycles. The topological polar surface area (TPSA) is 92.5 Å². The van der Waals surface area contributed by atoms with Gasteiger partial charge in [0.25, 0.3) is 5.69 Å². The van der Waals surface area contributed by atoms with Gasteiger partial charge in [0.05, 0.1) is 20.4 Å². The molecule has 0 heterocycles. The Bertz CT molecular complexity index is 608. The van der Waals surface area contributed by atoms with Crippen LogP contribution in [0.25, 0.3) is 0 Å². The van der Waals surface area contributed by atoms with Gasteiger partial charge in [-0.1, -0.05) is 29.6 Å². The standard InChI is InChI=1S/C13H14Cl2N2O4/c1-13(12(18)19)4-2-3-11(13)16-9-5-7(14)8(15)6-10(9)17(20)21/h5-6,11,16H,2-4H2,1H3,(H,18,19). The quantitative estimate of drug-likeness (QED) is 0.643. The number of nitro benzene ring substituents is 1. The second-order valence-electron chi connectivity index (χ2n) is 5.35. The lowest BCUT2D eigenvalue weighted by molar-refractivity contribution is -0.384. The van der Waals surface area contributed by atoms with Gasteiger partial charge in [-0.15, -0.1) is 0 Å². The summed E-state index contributed by atoms with van der Waals surface area (Å²) in [4.78, 5) is 22.0. The van der Waals surface area contributed by atoms with Crippen LogP contribution in [0.4, 0.5) is 11.4 Å². The van der Waals surface area contributed by atoms with Crippen molar-refractivity contribution in [2.24, 2.45) is 5.41 Å². The first-order valence-electron chi connectivity index (χ1n) is 6.39. The maximum atomic E-state index is 11.4. The number of anilines is 1. The highest BCUT2D eigenvalue weighted by Crippen LogP contribution is 2.42. The van der Waals surface area contributed by atoms with E-state index in [1.54, 1.807) is 6.92 Å². The van der Waals surface area contributed by atoms with Gasteiger partial charge in [-0.05, 0) is 25.8 Å². The van der Waals surface area contributed by atoms with Crippen molar-refractivity contribution in [1.29, 1.82) is 0 Å². The first kappa shape index (κ1) is 15.9. The number of benzene rings is 1. The third-order valence-electron chi connectivity index (χ3n) is 4.01. The molecule has 2 unspecified atom stereocenters. The molecular formula is C13H14Cl2N2O4. The molecule has 1 aromatic carbocycles. The molecule has 21 heavy (non-hydrogen) atoms. The number of carboxylic acids is 1. The van der Waals surface area contributed by atoms with Crippen LogP contribution >= 0.6 is 23.2 Å². The van der Waals surface area contributed by atoms with Gasteiger partial charge in [-0.2, -0.15) is 0 Å². The lowest BCUT2D eigenvalue weighted by Gasteiger charge is -2.28. The van der Waals surface area contributed by atoms with Crippen molar-refractivity contribution in [3.8, 4) is 0 Å². The normalized spacial score (nSPS) is 24.8. The van der Waals surface area contributed by atoms with E-state index in [1.807, 2.05) is 0 Å². The van der Waals surface area contributed by atoms with Crippen molar-refractivity contribution in [3.05, 3.63) is 32.3 Å². The molecule has 0 radical (unpaired) electrons. The highest BCUT2D eigenvalue weighted by atomic mass is 35.5. The minimum atomic E-state index is -0.958. The fourth-order valence-electron chi connectivity index (χ4n) is 2.64. The summed E-state index contributed by atoms with van der Waals surface area (Å²) in [6.07, 6.45) is 1.89. The van der Waals surface area contributed by atoms with Gasteiger partial charge in [0.2, 0.25) is 0 Å². The minimum absolute atomic E-state index is 0.0846. The van der Waals surface area contributed by atoms with Crippen LogP contribution in [0.3, 0.4) is 0 Å². The van der Waals surface area contributed by atoms with E-state index >= 15 is 0 Å². The molecule has 1 fully saturated rings. The number of hydrogen-bond acceptors (Lipinski definition) is 4. The van der Waals surface area contributed by atoms with Gasteiger partial charge in [-0.25, -0.2) is 0 Å². The minimum Gasteiger partial charge on any atom is -0.481 e. The molecule has 0 saturated heterocycles. The van der Waals surface area contributed by atoms with Gasteiger partial charge in [0.1, 0.15) is 5.69 Å². The summed E-state index contributed by atoms with van der Waals surface area (Å²) in [5.74, 6) is -0.916.